The molecule has 3 aromatic rings. The maximum absolute atomic E-state index is 4.87. The number of aryl methyl sites for hydroxylation is 3. The summed E-state index contributed by atoms with van der Waals surface area (Å²) in [7, 11) is 0. The summed E-state index contributed by atoms with van der Waals surface area (Å²) in [6.07, 6.45) is 9.10. The lowest BCUT2D eigenvalue weighted by Gasteiger charge is -2.40. The van der Waals surface area contributed by atoms with E-state index >= 15 is 0 Å². The number of rotatable bonds is 6. The van der Waals surface area contributed by atoms with Crippen molar-refractivity contribution in [2.75, 3.05) is 26.2 Å². The van der Waals surface area contributed by atoms with Crippen molar-refractivity contribution in [3.63, 3.8) is 0 Å². The molecule has 0 bridgehead atoms. The third-order valence-corrected chi connectivity index (χ3v) is 7.14. The topological polar surface area (TPSA) is 37.2 Å². The molecule has 0 aliphatic carbocycles. The van der Waals surface area contributed by atoms with Gasteiger partial charge in [-0.1, -0.05) is 49.4 Å². The smallest absolute Gasteiger partial charge is 0.160 e. The second kappa shape index (κ2) is 9.14. The molecule has 172 valence electrons. The summed E-state index contributed by atoms with van der Waals surface area (Å²) >= 11 is 0. The summed E-state index contributed by atoms with van der Waals surface area (Å²) in [5.74, 6) is 1.10. The first-order valence-corrected chi connectivity index (χ1v) is 12.3. The maximum atomic E-state index is 4.87. The van der Waals surface area contributed by atoms with Crippen LogP contribution in [-0.2, 0) is 13.0 Å². The molecule has 0 radical (unpaired) electrons. The van der Waals surface area contributed by atoms with Gasteiger partial charge in [0.1, 0.15) is 11.3 Å². The molecule has 1 fully saturated rings. The van der Waals surface area contributed by atoms with E-state index in [4.69, 9.17) is 9.97 Å². The minimum Gasteiger partial charge on any atom is -0.372 e. The Kier molecular flexibility index (Phi) is 6.07. The van der Waals surface area contributed by atoms with Crippen molar-refractivity contribution in [2.24, 2.45) is 0 Å². The Labute approximate surface area is 197 Å². The minimum atomic E-state index is 0.520. The normalized spacial score (nSPS) is 19.0. The van der Waals surface area contributed by atoms with Gasteiger partial charge in [-0.15, -0.1) is 0 Å². The Hall–Kier alpha value is -2.92. The number of nitrogens with zero attached hydrogens (tertiary/aromatic N) is 5. The molecule has 0 spiro atoms. The fourth-order valence-electron chi connectivity index (χ4n) is 5.31. The van der Waals surface area contributed by atoms with Gasteiger partial charge < -0.3 is 9.47 Å². The molecule has 4 heterocycles. The van der Waals surface area contributed by atoms with Gasteiger partial charge in [0, 0.05) is 50.0 Å². The Morgan fingerprint density at radius 2 is 1.88 bits per heavy atom. The van der Waals surface area contributed by atoms with E-state index in [-0.39, 0.29) is 0 Å². The van der Waals surface area contributed by atoms with Crippen LogP contribution in [0.1, 0.15) is 48.5 Å². The number of hydrogen-bond acceptors (Lipinski definition) is 4. The van der Waals surface area contributed by atoms with Crippen LogP contribution >= 0.6 is 0 Å². The molecule has 5 rings (SSSR count). The Balaban J connectivity index is 1.27. The van der Waals surface area contributed by atoms with Crippen LogP contribution in [-0.4, -0.2) is 56.6 Å². The summed E-state index contributed by atoms with van der Waals surface area (Å²) in [4.78, 5) is 14.8. The van der Waals surface area contributed by atoms with Gasteiger partial charge >= 0.3 is 0 Å². The molecule has 0 N–H and O–H groups in total. The fourth-order valence-corrected chi connectivity index (χ4v) is 5.31. The van der Waals surface area contributed by atoms with E-state index in [9.17, 15) is 0 Å². The Bertz CT molecular complexity index is 1200. The molecule has 2 aliphatic rings. The summed E-state index contributed by atoms with van der Waals surface area (Å²) < 4.78 is 2.28. The van der Waals surface area contributed by atoms with Crippen molar-refractivity contribution < 1.29 is 0 Å². The third-order valence-electron chi connectivity index (χ3n) is 7.14. The van der Waals surface area contributed by atoms with Crippen LogP contribution in [0.25, 0.3) is 17.2 Å². The van der Waals surface area contributed by atoms with Gasteiger partial charge in [0.2, 0.25) is 0 Å². The lowest BCUT2D eigenvalue weighted by Crippen LogP contribution is -2.48. The van der Waals surface area contributed by atoms with Crippen LogP contribution in [0, 0.1) is 13.8 Å². The number of fused-ring (bicyclic) bond motifs is 2. The van der Waals surface area contributed by atoms with Crippen molar-refractivity contribution >= 4 is 17.2 Å². The van der Waals surface area contributed by atoms with Crippen molar-refractivity contribution in [2.45, 2.75) is 53.1 Å². The first-order valence-electron chi connectivity index (χ1n) is 12.3. The zero-order valence-electron chi connectivity index (χ0n) is 20.4. The molecule has 0 saturated carbocycles. The number of hydrogen-bond donors (Lipinski definition) is 0. The van der Waals surface area contributed by atoms with Crippen LogP contribution in [0.4, 0.5) is 0 Å². The van der Waals surface area contributed by atoms with Crippen molar-refractivity contribution in [3.8, 4) is 0 Å². The van der Waals surface area contributed by atoms with Gasteiger partial charge in [-0.2, -0.15) is 0 Å². The number of aromatic nitrogens is 3. The predicted molar refractivity (Wildman–Crippen MR) is 136 cm³/mol. The van der Waals surface area contributed by atoms with E-state index in [0.29, 0.717) is 6.04 Å². The number of pyridine rings is 1. The van der Waals surface area contributed by atoms with Crippen molar-refractivity contribution in [1.82, 2.24) is 24.3 Å². The second-order valence-electron chi connectivity index (χ2n) is 9.44. The first-order chi connectivity index (χ1) is 16.0. The van der Waals surface area contributed by atoms with E-state index < -0.39 is 0 Å². The molecule has 2 aromatic heterocycles. The molecular formula is C28H35N5. The van der Waals surface area contributed by atoms with Gasteiger partial charge in [-0.3, -0.25) is 4.90 Å². The van der Waals surface area contributed by atoms with E-state index in [1.165, 1.54) is 35.4 Å². The highest BCUT2D eigenvalue weighted by atomic mass is 15.3. The summed E-state index contributed by atoms with van der Waals surface area (Å²) in [6, 6.07) is 11.6. The highest BCUT2D eigenvalue weighted by Crippen LogP contribution is 2.26. The molecule has 2 aliphatic heterocycles. The SMILES string of the molecule is CCc1nc2c(C)cc(C)nc2n1Cc1ccc(C=CCN2CCN3CCC=C3C2C)cc1. The monoisotopic (exact) mass is 441 g/mol. The van der Waals surface area contributed by atoms with Crippen LogP contribution < -0.4 is 0 Å². The molecule has 0 amide bonds. The average Bonchev–Trinajstić information content (AvgIpc) is 3.42. The van der Waals surface area contributed by atoms with Gasteiger partial charge in [0.25, 0.3) is 0 Å². The minimum absolute atomic E-state index is 0.520. The van der Waals surface area contributed by atoms with Gasteiger partial charge in [-0.25, -0.2) is 9.97 Å². The van der Waals surface area contributed by atoms with Crippen molar-refractivity contribution in [3.05, 3.63) is 76.4 Å². The van der Waals surface area contributed by atoms with Crippen LogP contribution in [0.5, 0.6) is 0 Å². The lowest BCUT2D eigenvalue weighted by molar-refractivity contribution is 0.151. The van der Waals surface area contributed by atoms with Gasteiger partial charge in [-0.05, 0) is 49.9 Å². The average molecular weight is 442 g/mol. The van der Waals surface area contributed by atoms with Gasteiger partial charge in [0.05, 0.1) is 6.54 Å². The molecule has 1 aromatic carbocycles. The zero-order chi connectivity index (χ0) is 22.9. The highest BCUT2D eigenvalue weighted by molar-refractivity contribution is 5.76. The Morgan fingerprint density at radius 3 is 2.67 bits per heavy atom. The first kappa shape index (κ1) is 21.9. The largest absolute Gasteiger partial charge is 0.372 e. The lowest BCUT2D eigenvalue weighted by atomic mass is 10.1. The predicted octanol–water partition coefficient (Wildman–Crippen LogP) is 4.97. The van der Waals surface area contributed by atoms with E-state index in [1.54, 1.807) is 0 Å². The van der Waals surface area contributed by atoms with Crippen LogP contribution in [0.2, 0.25) is 0 Å². The molecule has 5 heteroatoms. The Morgan fingerprint density at radius 1 is 1.06 bits per heavy atom. The summed E-state index contributed by atoms with van der Waals surface area (Å²) in [6.45, 7) is 14.0. The molecule has 5 nitrogen and oxygen atoms in total. The van der Waals surface area contributed by atoms with Gasteiger partial charge in [0.15, 0.2) is 5.65 Å². The molecule has 1 atom stereocenters. The summed E-state index contributed by atoms with van der Waals surface area (Å²) in [5.41, 5.74) is 8.33. The number of piperazine rings is 1. The highest BCUT2D eigenvalue weighted by Gasteiger charge is 2.29. The molecule has 1 unspecified atom stereocenters. The van der Waals surface area contributed by atoms with Crippen LogP contribution in [0.15, 0.2) is 48.2 Å². The zero-order valence-corrected chi connectivity index (χ0v) is 20.4. The molecule has 33 heavy (non-hydrogen) atoms. The standard InChI is InChI=1S/C28H35N5/c1-5-26-30-27-20(2)18-21(3)29-28(27)33(26)19-24-12-10-23(11-13-24)8-6-14-31-16-17-32-15-7-9-25(32)22(31)4/h6,8-13,18,22H,5,7,14-17,19H2,1-4H3. The molecular weight excluding hydrogens is 406 g/mol. The quantitative estimate of drug-likeness (QED) is 0.541. The van der Waals surface area contributed by atoms with E-state index in [1.807, 2.05) is 0 Å². The summed E-state index contributed by atoms with van der Waals surface area (Å²) in [5, 5.41) is 0. The van der Waals surface area contributed by atoms with E-state index in [2.05, 4.69) is 90.6 Å². The maximum Gasteiger partial charge on any atom is 0.160 e. The van der Waals surface area contributed by atoms with E-state index in [0.717, 1.165) is 55.3 Å². The third kappa shape index (κ3) is 4.34. The van der Waals surface area contributed by atoms with Crippen molar-refractivity contribution in [1.29, 1.82) is 0 Å². The molecule has 1 saturated heterocycles. The fraction of sp³-hybridized carbons (Fsp3) is 0.429. The second-order valence-corrected chi connectivity index (χ2v) is 9.44. The number of benzene rings is 1. The number of imidazole rings is 1. The van der Waals surface area contributed by atoms with Crippen LogP contribution in [0.3, 0.4) is 0 Å².